The molecule has 154 valence electrons. The monoisotopic (exact) mass is 415 g/mol. The number of quaternary nitrogens is 2. The van der Waals surface area contributed by atoms with E-state index in [9.17, 15) is 4.79 Å². The minimum atomic E-state index is -0.00475. The van der Waals surface area contributed by atoms with Crippen LogP contribution in [0.25, 0.3) is 0 Å². The number of hydrogen-bond acceptors (Lipinski definition) is 2. The molecule has 1 atom stereocenters. The van der Waals surface area contributed by atoms with Crippen LogP contribution >= 0.6 is 11.6 Å². The Hall–Kier alpha value is -2.08. The van der Waals surface area contributed by atoms with Gasteiger partial charge in [0, 0.05) is 17.0 Å². The van der Waals surface area contributed by atoms with Gasteiger partial charge in [-0.3, -0.25) is 4.79 Å². The van der Waals surface area contributed by atoms with Gasteiger partial charge in [-0.05, 0) is 48.4 Å². The number of ether oxygens (including phenoxy) is 1. The first-order chi connectivity index (χ1) is 14.1. The molecule has 29 heavy (non-hydrogen) atoms. The van der Waals surface area contributed by atoms with Gasteiger partial charge in [0.1, 0.15) is 38.5 Å². The molecule has 0 spiro atoms. The molecule has 0 unspecified atom stereocenters. The fourth-order valence-corrected chi connectivity index (χ4v) is 4.43. The van der Waals surface area contributed by atoms with E-state index in [0.717, 1.165) is 57.1 Å². The second-order valence-corrected chi connectivity index (χ2v) is 8.67. The number of piperazine rings is 1. The van der Waals surface area contributed by atoms with Gasteiger partial charge in [0.15, 0.2) is 6.54 Å². The third kappa shape index (κ3) is 5.30. The van der Waals surface area contributed by atoms with Crippen molar-refractivity contribution in [3.8, 4) is 5.75 Å². The Morgan fingerprint density at radius 2 is 1.83 bits per heavy atom. The van der Waals surface area contributed by atoms with E-state index in [4.69, 9.17) is 16.3 Å². The smallest absolute Gasteiger partial charge is 0.275 e. The van der Waals surface area contributed by atoms with Crippen molar-refractivity contribution in [2.75, 3.05) is 39.3 Å². The van der Waals surface area contributed by atoms with Gasteiger partial charge < -0.3 is 19.9 Å². The molecule has 2 aliphatic heterocycles. The molecule has 1 amide bonds. The standard InChI is InChI=1S/C23H28ClN3O2/c1-17(19-3-5-21(24)6-4-19)25-23(28)16-27-11-9-26(10-12-27)15-18-2-7-22-20(14-18)8-13-29-22/h2-7,14,17H,8-13,15-16H2,1H3,(H,25,28)/p+2/t17-/m0/s1. The number of amides is 1. The summed E-state index contributed by atoms with van der Waals surface area (Å²) in [5.74, 6) is 1.17. The summed E-state index contributed by atoms with van der Waals surface area (Å²) in [5.41, 5.74) is 3.81. The van der Waals surface area contributed by atoms with Gasteiger partial charge in [-0.2, -0.15) is 0 Å². The molecule has 0 aromatic heterocycles. The highest BCUT2D eigenvalue weighted by molar-refractivity contribution is 6.30. The van der Waals surface area contributed by atoms with E-state index in [0.29, 0.717) is 11.6 Å². The van der Waals surface area contributed by atoms with Crippen LogP contribution in [-0.2, 0) is 17.8 Å². The normalized spacial score (nSPS) is 21.9. The van der Waals surface area contributed by atoms with Gasteiger partial charge in [0.25, 0.3) is 5.91 Å². The lowest BCUT2D eigenvalue weighted by Gasteiger charge is -2.29. The molecule has 2 aliphatic rings. The molecule has 6 heteroatoms. The Morgan fingerprint density at radius 1 is 1.10 bits per heavy atom. The zero-order valence-corrected chi connectivity index (χ0v) is 17.7. The molecule has 1 fully saturated rings. The highest BCUT2D eigenvalue weighted by Crippen LogP contribution is 2.25. The van der Waals surface area contributed by atoms with Crippen molar-refractivity contribution in [1.82, 2.24) is 5.32 Å². The van der Waals surface area contributed by atoms with Gasteiger partial charge in [-0.15, -0.1) is 0 Å². The fourth-order valence-electron chi connectivity index (χ4n) is 4.30. The molecule has 3 N–H and O–H groups in total. The Morgan fingerprint density at radius 3 is 2.59 bits per heavy atom. The largest absolute Gasteiger partial charge is 0.493 e. The summed E-state index contributed by atoms with van der Waals surface area (Å²) in [4.78, 5) is 15.4. The van der Waals surface area contributed by atoms with E-state index in [-0.39, 0.29) is 11.9 Å². The Labute approximate surface area is 177 Å². The molecule has 0 aliphatic carbocycles. The van der Waals surface area contributed by atoms with Gasteiger partial charge in [0.05, 0.1) is 12.6 Å². The van der Waals surface area contributed by atoms with E-state index >= 15 is 0 Å². The molecule has 5 nitrogen and oxygen atoms in total. The van der Waals surface area contributed by atoms with Crippen molar-refractivity contribution in [2.45, 2.75) is 25.9 Å². The topological polar surface area (TPSA) is 47.2 Å². The first-order valence-electron chi connectivity index (χ1n) is 10.5. The minimum Gasteiger partial charge on any atom is -0.493 e. The van der Waals surface area contributed by atoms with Crippen molar-refractivity contribution in [2.24, 2.45) is 0 Å². The molecule has 2 aromatic rings. The first-order valence-corrected chi connectivity index (χ1v) is 10.9. The first kappa shape index (κ1) is 20.2. The number of rotatable bonds is 6. The molecule has 2 aromatic carbocycles. The predicted octanol–water partition coefficient (Wildman–Crippen LogP) is 0.436. The number of halogens is 1. The second kappa shape index (κ2) is 9.16. The summed E-state index contributed by atoms with van der Waals surface area (Å²) in [6.45, 7) is 8.69. The van der Waals surface area contributed by atoms with Crippen molar-refractivity contribution in [1.29, 1.82) is 0 Å². The maximum absolute atomic E-state index is 12.5. The molecule has 4 rings (SSSR count). The summed E-state index contributed by atoms with van der Waals surface area (Å²) < 4.78 is 5.60. The Balaban J connectivity index is 1.21. The quantitative estimate of drug-likeness (QED) is 0.641. The maximum atomic E-state index is 12.5. The van der Waals surface area contributed by atoms with E-state index in [1.165, 1.54) is 16.0 Å². The number of carbonyl (C=O) groups excluding carboxylic acids is 1. The molecule has 2 heterocycles. The van der Waals surface area contributed by atoms with E-state index in [2.05, 4.69) is 23.5 Å². The third-order valence-electron chi connectivity index (χ3n) is 6.03. The fraction of sp³-hybridized carbons (Fsp3) is 0.435. The van der Waals surface area contributed by atoms with Crippen LogP contribution in [-0.4, -0.2) is 45.2 Å². The number of nitrogens with one attached hydrogen (secondary N) is 3. The van der Waals surface area contributed by atoms with Crippen molar-refractivity contribution in [3.05, 3.63) is 64.2 Å². The summed E-state index contributed by atoms with van der Waals surface area (Å²) in [7, 11) is 0. The lowest BCUT2D eigenvalue weighted by molar-refractivity contribution is -1.02. The Kier molecular flexibility index (Phi) is 6.38. The molecular formula is C23H30ClN3O2+2. The van der Waals surface area contributed by atoms with Crippen LogP contribution in [0.4, 0.5) is 0 Å². The zero-order valence-electron chi connectivity index (χ0n) is 17.0. The van der Waals surface area contributed by atoms with Crippen molar-refractivity contribution in [3.63, 3.8) is 0 Å². The number of carbonyl (C=O) groups is 1. The van der Waals surface area contributed by atoms with Crippen LogP contribution in [0.15, 0.2) is 42.5 Å². The summed E-state index contributed by atoms with van der Waals surface area (Å²) >= 11 is 5.94. The van der Waals surface area contributed by atoms with E-state index in [1.54, 1.807) is 4.90 Å². The van der Waals surface area contributed by atoms with Crippen LogP contribution < -0.4 is 19.9 Å². The molecule has 0 radical (unpaired) electrons. The van der Waals surface area contributed by atoms with Gasteiger partial charge in [-0.1, -0.05) is 23.7 Å². The van der Waals surface area contributed by atoms with E-state index < -0.39 is 0 Å². The number of hydrogen-bond donors (Lipinski definition) is 3. The van der Waals surface area contributed by atoms with Crippen LogP contribution in [0.1, 0.15) is 29.7 Å². The average Bonchev–Trinajstić information content (AvgIpc) is 3.18. The van der Waals surface area contributed by atoms with Crippen molar-refractivity contribution >= 4 is 17.5 Å². The SMILES string of the molecule is C[C@H](NC(=O)C[NH+]1CC[NH+](Cc2ccc3c(c2)CCO3)CC1)c1ccc(Cl)cc1. The van der Waals surface area contributed by atoms with Gasteiger partial charge >= 0.3 is 0 Å². The van der Waals surface area contributed by atoms with E-state index in [1.807, 2.05) is 31.2 Å². The zero-order chi connectivity index (χ0) is 20.2. The number of benzene rings is 2. The van der Waals surface area contributed by atoms with Gasteiger partial charge in [-0.25, -0.2) is 0 Å². The minimum absolute atomic E-state index is 0.00475. The molecule has 1 saturated heterocycles. The predicted molar refractivity (Wildman–Crippen MR) is 114 cm³/mol. The lowest BCUT2D eigenvalue weighted by atomic mass is 10.1. The Bertz CT molecular complexity index is 848. The molecule has 0 bridgehead atoms. The summed E-state index contributed by atoms with van der Waals surface area (Å²) in [6.07, 6.45) is 1.03. The summed E-state index contributed by atoms with van der Waals surface area (Å²) in [6, 6.07) is 14.3. The maximum Gasteiger partial charge on any atom is 0.275 e. The number of fused-ring (bicyclic) bond motifs is 1. The van der Waals surface area contributed by atoms with Crippen LogP contribution in [0.5, 0.6) is 5.75 Å². The van der Waals surface area contributed by atoms with Crippen LogP contribution in [0.2, 0.25) is 5.02 Å². The molecular weight excluding hydrogens is 386 g/mol. The third-order valence-corrected chi connectivity index (χ3v) is 6.28. The lowest BCUT2D eigenvalue weighted by Crippen LogP contribution is -3.28. The molecule has 0 saturated carbocycles. The average molecular weight is 416 g/mol. The second-order valence-electron chi connectivity index (χ2n) is 8.23. The highest BCUT2D eigenvalue weighted by atomic mass is 35.5. The van der Waals surface area contributed by atoms with Crippen molar-refractivity contribution < 1.29 is 19.3 Å². The van der Waals surface area contributed by atoms with Gasteiger partial charge in [0.2, 0.25) is 0 Å². The van der Waals surface area contributed by atoms with Crippen LogP contribution in [0, 0.1) is 0 Å². The highest BCUT2D eigenvalue weighted by Gasteiger charge is 2.26. The van der Waals surface area contributed by atoms with Crippen LogP contribution in [0.3, 0.4) is 0 Å². The summed E-state index contributed by atoms with van der Waals surface area (Å²) in [5, 5.41) is 3.83.